The molecule has 1 aliphatic rings. The van der Waals surface area contributed by atoms with Gasteiger partial charge >= 0.3 is 0 Å². The van der Waals surface area contributed by atoms with Crippen molar-refractivity contribution in [2.45, 2.75) is 38.6 Å². The molecule has 1 fully saturated rings. The molecule has 0 aromatic rings. The van der Waals surface area contributed by atoms with E-state index in [0.717, 1.165) is 39.3 Å². The van der Waals surface area contributed by atoms with Crippen LogP contribution in [0.4, 0.5) is 0 Å². The second-order valence-corrected chi connectivity index (χ2v) is 6.63. The number of nitrogens with zero attached hydrogens (tertiary/aromatic N) is 2. The van der Waals surface area contributed by atoms with Gasteiger partial charge in [-0.1, -0.05) is 13.3 Å². The number of hydrogen-bond donors (Lipinski definition) is 0. The third-order valence-electron chi connectivity index (χ3n) is 4.49. The fourth-order valence-corrected chi connectivity index (χ4v) is 2.79. The minimum absolute atomic E-state index is 0.615. The van der Waals surface area contributed by atoms with Crippen molar-refractivity contribution < 1.29 is 23.5 Å². The first kappa shape index (κ1) is 22.5. The summed E-state index contributed by atoms with van der Waals surface area (Å²) in [5, 5.41) is 0. The van der Waals surface area contributed by atoms with E-state index < -0.39 is 0 Å². The summed E-state index contributed by atoms with van der Waals surface area (Å²) in [6.07, 6.45) is 4.69. The van der Waals surface area contributed by atoms with Crippen LogP contribution in [0.3, 0.4) is 0 Å². The lowest BCUT2D eigenvalue weighted by Crippen LogP contribution is -2.41. The van der Waals surface area contributed by atoms with Gasteiger partial charge in [0.15, 0.2) is 6.04 Å². The fourth-order valence-electron chi connectivity index (χ4n) is 2.79. The molecule has 0 aromatic carbocycles. The average Bonchev–Trinajstić information content (AvgIpc) is 2.62. The van der Waals surface area contributed by atoms with Crippen LogP contribution in [0.15, 0.2) is 0 Å². The summed E-state index contributed by atoms with van der Waals surface area (Å²) in [7, 11) is 2.07. The van der Waals surface area contributed by atoms with E-state index in [9.17, 15) is 0 Å². The quantitative estimate of drug-likeness (QED) is 0.238. The molecule has 0 aromatic heterocycles. The Kier molecular flexibility index (Phi) is 14.1. The summed E-state index contributed by atoms with van der Waals surface area (Å²) >= 11 is 0. The third-order valence-corrected chi connectivity index (χ3v) is 4.49. The molecule has 1 heterocycles. The predicted octanol–water partition coefficient (Wildman–Crippen LogP) is 1.66. The molecule has 0 aliphatic carbocycles. The summed E-state index contributed by atoms with van der Waals surface area (Å²) in [5.74, 6) is 0. The molecule has 6 nitrogen and oxygen atoms in total. The van der Waals surface area contributed by atoms with E-state index in [-0.39, 0.29) is 0 Å². The van der Waals surface area contributed by atoms with Gasteiger partial charge < -0.3 is 23.8 Å². The number of hydrogen-bond acceptors (Lipinski definition) is 5. The second kappa shape index (κ2) is 15.7. The first-order valence-corrected chi connectivity index (χ1v) is 9.80. The SMILES string of the molecule is C=[N+](C)C1CCN(CCOCCOCCOCCOCCCC)CC1. The first-order chi connectivity index (χ1) is 12.2. The second-order valence-electron chi connectivity index (χ2n) is 6.63. The van der Waals surface area contributed by atoms with Gasteiger partial charge in [0.1, 0.15) is 13.8 Å². The van der Waals surface area contributed by atoms with Crippen molar-refractivity contribution in [3.63, 3.8) is 0 Å². The fraction of sp³-hybridized carbons (Fsp3) is 0.947. The van der Waals surface area contributed by atoms with E-state index in [1.165, 1.54) is 19.3 Å². The normalized spacial score (nSPS) is 16.4. The molecular weight excluding hydrogens is 320 g/mol. The Bertz CT molecular complexity index is 321. The van der Waals surface area contributed by atoms with Crippen LogP contribution in [-0.4, -0.2) is 102 Å². The van der Waals surface area contributed by atoms with Crippen LogP contribution in [0, 0.1) is 0 Å². The molecule has 1 aliphatic heterocycles. The van der Waals surface area contributed by atoms with Crippen molar-refractivity contribution in [2.75, 3.05) is 79.5 Å². The van der Waals surface area contributed by atoms with Gasteiger partial charge in [-0.2, -0.15) is 0 Å². The first-order valence-electron chi connectivity index (χ1n) is 9.80. The number of likely N-dealkylation sites (tertiary alicyclic amines) is 1. The van der Waals surface area contributed by atoms with E-state index >= 15 is 0 Å². The molecule has 25 heavy (non-hydrogen) atoms. The minimum atomic E-state index is 0.615. The Morgan fingerprint density at radius 2 is 1.32 bits per heavy atom. The largest absolute Gasteiger partial charge is 0.379 e. The molecule has 0 atom stereocenters. The van der Waals surface area contributed by atoms with E-state index in [4.69, 9.17) is 18.9 Å². The lowest BCUT2D eigenvalue weighted by Gasteiger charge is -2.29. The molecule has 0 N–H and O–H groups in total. The van der Waals surface area contributed by atoms with Crippen LogP contribution in [0.2, 0.25) is 0 Å². The van der Waals surface area contributed by atoms with Crippen LogP contribution in [0.5, 0.6) is 0 Å². The van der Waals surface area contributed by atoms with E-state index in [2.05, 4.69) is 30.2 Å². The van der Waals surface area contributed by atoms with Gasteiger partial charge in [0, 0.05) is 39.1 Å². The average molecular weight is 360 g/mol. The number of ether oxygens (including phenoxy) is 4. The van der Waals surface area contributed by atoms with Crippen LogP contribution in [0.25, 0.3) is 0 Å². The zero-order valence-electron chi connectivity index (χ0n) is 16.4. The van der Waals surface area contributed by atoms with Crippen molar-refractivity contribution in [1.82, 2.24) is 4.90 Å². The van der Waals surface area contributed by atoms with Crippen molar-refractivity contribution in [1.29, 1.82) is 0 Å². The summed E-state index contributed by atoms with van der Waals surface area (Å²) < 4.78 is 24.1. The molecule has 1 saturated heterocycles. The predicted molar refractivity (Wildman–Crippen MR) is 101 cm³/mol. The maximum atomic E-state index is 5.64. The molecule has 148 valence electrons. The Hall–Kier alpha value is -0.530. The maximum absolute atomic E-state index is 5.64. The maximum Gasteiger partial charge on any atom is 0.154 e. The Morgan fingerprint density at radius 1 is 0.840 bits per heavy atom. The van der Waals surface area contributed by atoms with Crippen LogP contribution in [-0.2, 0) is 18.9 Å². The van der Waals surface area contributed by atoms with E-state index in [0.29, 0.717) is 45.7 Å². The number of piperidine rings is 1. The molecule has 0 saturated carbocycles. The molecule has 0 spiro atoms. The highest BCUT2D eigenvalue weighted by Crippen LogP contribution is 2.11. The summed E-state index contributed by atoms with van der Waals surface area (Å²) in [5.41, 5.74) is 0. The monoisotopic (exact) mass is 359 g/mol. The van der Waals surface area contributed by atoms with Gasteiger partial charge in [0.2, 0.25) is 0 Å². The zero-order valence-corrected chi connectivity index (χ0v) is 16.4. The van der Waals surface area contributed by atoms with Gasteiger partial charge in [-0.25, -0.2) is 4.58 Å². The number of unbranched alkanes of at least 4 members (excludes halogenated alkanes) is 1. The Morgan fingerprint density at radius 3 is 1.80 bits per heavy atom. The van der Waals surface area contributed by atoms with Gasteiger partial charge in [0.05, 0.1) is 46.2 Å². The van der Waals surface area contributed by atoms with Crippen LogP contribution in [0.1, 0.15) is 32.6 Å². The van der Waals surface area contributed by atoms with Gasteiger partial charge in [0.25, 0.3) is 0 Å². The summed E-state index contributed by atoms with van der Waals surface area (Å²) in [4.78, 5) is 2.47. The molecule has 1 rings (SSSR count). The smallest absolute Gasteiger partial charge is 0.154 e. The van der Waals surface area contributed by atoms with Crippen molar-refractivity contribution in [2.24, 2.45) is 0 Å². The van der Waals surface area contributed by atoms with E-state index in [1.54, 1.807) is 0 Å². The lowest BCUT2D eigenvalue weighted by atomic mass is 10.1. The van der Waals surface area contributed by atoms with Gasteiger partial charge in [-0.05, 0) is 6.42 Å². The molecule has 0 bridgehead atoms. The van der Waals surface area contributed by atoms with Crippen molar-refractivity contribution >= 4 is 6.72 Å². The highest BCUT2D eigenvalue weighted by Gasteiger charge is 2.23. The molecule has 0 radical (unpaired) electrons. The minimum Gasteiger partial charge on any atom is -0.379 e. The lowest BCUT2D eigenvalue weighted by molar-refractivity contribution is -0.534. The molecule has 0 unspecified atom stereocenters. The van der Waals surface area contributed by atoms with Crippen molar-refractivity contribution in [3.8, 4) is 0 Å². The van der Waals surface area contributed by atoms with Gasteiger partial charge in [-0.15, -0.1) is 0 Å². The highest BCUT2D eigenvalue weighted by molar-refractivity contribution is 5.14. The van der Waals surface area contributed by atoms with Crippen LogP contribution >= 0.6 is 0 Å². The zero-order chi connectivity index (χ0) is 18.2. The standard InChI is InChI=1S/C19H39N2O4/c1-4-5-11-22-13-15-24-17-18-25-16-14-23-12-10-21-8-6-19(7-9-21)20(2)3/h19H,2,4-18H2,1,3H3/q+1. The third kappa shape index (κ3) is 12.5. The molecule has 0 amide bonds. The summed E-state index contributed by atoms with van der Waals surface area (Å²) in [6.45, 7) is 14.9. The Labute approximate surface area is 154 Å². The number of rotatable bonds is 16. The molecule has 6 heteroatoms. The van der Waals surface area contributed by atoms with E-state index in [1.807, 2.05) is 0 Å². The Balaban J connectivity index is 1.76. The topological polar surface area (TPSA) is 43.2 Å². The van der Waals surface area contributed by atoms with Gasteiger partial charge in [-0.3, -0.25) is 0 Å². The summed E-state index contributed by atoms with van der Waals surface area (Å²) in [6, 6.07) is 0.635. The van der Waals surface area contributed by atoms with Crippen molar-refractivity contribution in [3.05, 3.63) is 0 Å². The molecular formula is C19H39N2O4+. The van der Waals surface area contributed by atoms with Crippen LogP contribution < -0.4 is 0 Å². The highest BCUT2D eigenvalue weighted by atomic mass is 16.6.